The van der Waals surface area contributed by atoms with Crippen molar-refractivity contribution in [1.29, 1.82) is 0 Å². The predicted molar refractivity (Wildman–Crippen MR) is 190 cm³/mol. The first-order valence-corrected chi connectivity index (χ1v) is 17.6. The quantitative estimate of drug-likeness (QED) is 0.0843. The summed E-state index contributed by atoms with van der Waals surface area (Å²) in [5.41, 5.74) is 2.70. The normalized spacial score (nSPS) is 19.5. The number of aliphatic hydroxyl groups excluding tert-OH is 1. The SMILES string of the molecule is O=C(NC(c1ccccc1)c1cccc(C(=O)OCCCCCCNC[C@H](O)c2ccc(O)c3[nH]c(=O)ccc23)c1)O[C@H]1CN2CCC1CC2. The highest BCUT2D eigenvalue weighted by molar-refractivity contribution is 5.89. The van der Waals surface area contributed by atoms with Gasteiger partial charge in [-0.3, -0.25) is 9.69 Å². The molecule has 0 radical (unpaired) electrons. The van der Waals surface area contributed by atoms with E-state index in [2.05, 4.69) is 20.5 Å². The van der Waals surface area contributed by atoms with Crippen molar-refractivity contribution in [2.24, 2.45) is 5.92 Å². The number of hydrogen-bond acceptors (Lipinski definition) is 9. The first-order chi connectivity index (χ1) is 24.4. The van der Waals surface area contributed by atoms with E-state index in [1.54, 1.807) is 30.3 Å². The second kappa shape index (κ2) is 16.8. The average molecular weight is 683 g/mol. The Balaban J connectivity index is 0.927. The molecule has 4 heterocycles. The molecular weight excluding hydrogens is 636 g/mol. The van der Waals surface area contributed by atoms with Crippen LogP contribution in [0, 0.1) is 5.92 Å². The number of unbranched alkanes of at least 4 members (excludes halogenated alkanes) is 3. The lowest BCUT2D eigenvalue weighted by Gasteiger charge is -2.43. The molecule has 0 saturated carbocycles. The van der Waals surface area contributed by atoms with Gasteiger partial charge in [0.1, 0.15) is 11.9 Å². The third-order valence-electron chi connectivity index (χ3n) is 9.79. The topological polar surface area (TPSA) is 153 Å². The van der Waals surface area contributed by atoms with Crippen molar-refractivity contribution in [3.05, 3.63) is 111 Å². The summed E-state index contributed by atoms with van der Waals surface area (Å²) < 4.78 is 11.5. The highest BCUT2D eigenvalue weighted by Gasteiger charge is 2.37. The zero-order valence-electron chi connectivity index (χ0n) is 28.2. The van der Waals surface area contributed by atoms with Crippen molar-refractivity contribution in [3.8, 4) is 5.75 Å². The molecule has 3 aliphatic rings. The lowest BCUT2D eigenvalue weighted by atomic mass is 9.86. The van der Waals surface area contributed by atoms with Gasteiger partial charge in [-0.25, -0.2) is 9.59 Å². The number of aromatic hydroxyl groups is 1. The standard InChI is InChI=1S/C39H46N4O7/c44-32-15-13-30(31-14-16-35(46)41-37(31)32)33(45)24-40-19-6-1-2-7-22-49-38(47)29-12-8-11-28(23-29)36(27-9-4-3-5-10-27)42-39(48)50-34-25-43-20-17-26(34)18-21-43/h3-5,8-16,23,26,33-34,36,40,44-45H,1-2,6-7,17-22,24-25H2,(H,41,46)(H,42,48)/t33-,34-,36?/m0/s1. The van der Waals surface area contributed by atoms with Crippen molar-refractivity contribution in [3.63, 3.8) is 0 Å². The van der Waals surface area contributed by atoms with Gasteiger partial charge in [0, 0.05) is 24.5 Å². The maximum atomic E-state index is 13.1. The molecule has 0 aliphatic carbocycles. The number of esters is 1. The molecule has 3 saturated heterocycles. The van der Waals surface area contributed by atoms with Crippen molar-refractivity contribution in [2.45, 2.75) is 56.8 Å². The minimum Gasteiger partial charge on any atom is -0.506 e. The number of phenols is 1. The Morgan fingerprint density at radius 1 is 0.920 bits per heavy atom. The summed E-state index contributed by atoms with van der Waals surface area (Å²) in [6, 6.07) is 22.5. The number of carbonyl (C=O) groups is 2. The Hall–Kier alpha value is -4.71. The molecular formula is C39H46N4O7. The zero-order valence-corrected chi connectivity index (χ0v) is 28.2. The number of nitrogens with one attached hydrogen (secondary N) is 3. The van der Waals surface area contributed by atoms with Gasteiger partial charge in [-0.15, -0.1) is 0 Å². The van der Waals surface area contributed by atoms with Gasteiger partial charge in [-0.05, 0) is 92.2 Å². The molecule has 4 aromatic rings. The fraction of sp³-hybridized carbons (Fsp3) is 0.410. The number of piperidine rings is 3. The number of aromatic nitrogens is 1. The first kappa shape index (κ1) is 35.1. The van der Waals surface area contributed by atoms with Crippen molar-refractivity contribution < 1.29 is 29.3 Å². The molecule has 1 aromatic heterocycles. The number of benzene rings is 3. The van der Waals surface area contributed by atoms with Crippen LogP contribution >= 0.6 is 0 Å². The highest BCUT2D eigenvalue weighted by Crippen LogP contribution is 2.31. The lowest BCUT2D eigenvalue weighted by Crippen LogP contribution is -2.52. The van der Waals surface area contributed by atoms with E-state index in [-0.39, 0.29) is 17.4 Å². The van der Waals surface area contributed by atoms with Crippen LogP contribution in [0.3, 0.4) is 0 Å². The number of fused-ring (bicyclic) bond motifs is 4. The third kappa shape index (κ3) is 8.90. The first-order valence-electron chi connectivity index (χ1n) is 17.6. The van der Waals surface area contributed by atoms with Gasteiger partial charge in [-0.2, -0.15) is 0 Å². The molecule has 264 valence electrons. The van der Waals surface area contributed by atoms with E-state index in [1.165, 1.54) is 12.1 Å². The fourth-order valence-corrected chi connectivity index (χ4v) is 7.04. The maximum Gasteiger partial charge on any atom is 0.408 e. The number of aromatic amines is 1. The molecule has 1 unspecified atom stereocenters. The van der Waals surface area contributed by atoms with E-state index in [9.17, 15) is 24.6 Å². The number of ether oxygens (including phenoxy) is 2. The number of aliphatic hydroxyl groups is 1. The summed E-state index contributed by atoms with van der Waals surface area (Å²) in [6.07, 6.45) is 4.18. The number of pyridine rings is 1. The van der Waals surface area contributed by atoms with Crippen LogP contribution in [0.2, 0.25) is 0 Å². The summed E-state index contributed by atoms with van der Waals surface area (Å²) in [4.78, 5) is 42.7. The molecule has 0 spiro atoms. The number of amides is 1. The molecule has 3 fully saturated rings. The van der Waals surface area contributed by atoms with E-state index in [0.29, 0.717) is 47.6 Å². The van der Waals surface area contributed by atoms with Gasteiger partial charge in [-0.1, -0.05) is 61.4 Å². The van der Waals surface area contributed by atoms with E-state index in [4.69, 9.17) is 9.47 Å². The molecule has 11 heteroatoms. The Morgan fingerprint density at radius 3 is 2.48 bits per heavy atom. The molecule has 5 N–H and O–H groups in total. The summed E-state index contributed by atoms with van der Waals surface area (Å²) in [7, 11) is 0. The second-order valence-corrected chi connectivity index (χ2v) is 13.3. The zero-order chi connectivity index (χ0) is 34.9. The lowest BCUT2D eigenvalue weighted by molar-refractivity contribution is -0.0336. The average Bonchev–Trinajstić information content (AvgIpc) is 3.14. The molecule has 7 rings (SSSR count). The van der Waals surface area contributed by atoms with Gasteiger partial charge in [0.05, 0.1) is 29.8 Å². The van der Waals surface area contributed by atoms with Crippen LogP contribution in [0.4, 0.5) is 4.79 Å². The van der Waals surface area contributed by atoms with E-state index >= 15 is 0 Å². The highest BCUT2D eigenvalue weighted by atomic mass is 16.6. The predicted octanol–water partition coefficient (Wildman–Crippen LogP) is 5.18. The summed E-state index contributed by atoms with van der Waals surface area (Å²) in [5.74, 6) is -0.0394. The van der Waals surface area contributed by atoms with Crippen LogP contribution in [0.15, 0.2) is 83.7 Å². The Kier molecular flexibility index (Phi) is 11.8. The van der Waals surface area contributed by atoms with Crippen LogP contribution < -0.4 is 16.2 Å². The van der Waals surface area contributed by atoms with E-state index in [0.717, 1.165) is 69.3 Å². The van der Waals surface area contributed by atoms with Crippen LogP contribution in [-0.2, 0) is 9.47 Å². The molecule has 3 aromatic carbocycles. The fourth-order valence-electron chi connectivity index (χ4n) is 7.04. The van der Waals surface area contributed by atoms with E-state index in [1.807, 2.05) is 36.4 Å². The summed E-state index contributed by atoms with van der Waals surface area (Å²) >= 11 is 0. The van der Waals surface area contributed by atoms with Gasteiger partial charge < -0.3 is 35.3 Å². The minimum absolute atomic E-state index is 0.0386. The number of hydrogen-bond donors (Lipinski definition) is 5. The number of phenolic OH excluding ortho intramolecular Hbond substituents is 1. The van der Waals surface area contributed by atoms with Crippen molar-refractivity contribution >= 4 is 23.0 Å². The van der Waals surface area contributed by atoms with Gasteiger partial charge in [0.2, 0.25) is 5.56 Å². The molecule has 1 amide bonds. The third-order valence-corrected chi connectivity index (χ3v) is 9.79. The Labute approximate surface area is 291 Å². The smallest absolute Gasteiger partial charge is 0.408 e. The number of H-pyrrole nitrogens is 1. The van der Waals surface area contributed by atoms with Gasteiger partial charge in [0.15, 0.2) is 0 Å². The van der Waals surface area contributed by atoms with E-state index < -0.39 is 24.2 Å². The van der Waals surface area contributed by atoms with Crippen LogP contribution in [-0.4, -0.2) is 77.6 Å². The number of carbonyl (C=O) groups excluding carboxylic acids is 2. The molecule has 50 heavy (non-hydrogen) atoms. The number of rotatable bonds is 15. The Morgan fingerprint density at radius 2 is 1.70 bits per heavy atom. The summed E-state index contributed by atoms with van der Waals surface area (Å²) in [5, 5.41) is 27.7. The van der Waals surface area contributed by atoms with Gasteiger partial charge in [0.25, 0.3) is 0 Å². The maximum absolute atomic E-state index is 13.1. The number of nitrogens with zero attached hydrogens (tertiary/aromatic N) is 1. The van der Waals surface area contributed by atoms with Crippen LogP contribution in [0.25, 0.3) is 10.9 Å². The largest absolute Gasteiger partial charge is 0.506 e. The molecule has 11 nitrogen and oxygen atoms in total. The minimum atomic E-state index is -0.801. The van der Waals surface area contributed by atoms with Crippen molar-refractivity contribution in [2.75, 3.05) is 39.3 Å². The van der Waals surface area contributed by atoms with Crippen molar-refractivity contribution in [1.82, 2.24) is 20.5 Å². The van der Waals surface area contributed by atoms with Crippen LogP contribution in [0.5, 0.6) is 5.75 Å². The molecule has 3 aliphatic heterocycles. The Bertz CT molecular complexity index is 1810. The number of alkyl carbamates (subject to hydrolysis) is 1. The molecule has 3 atom stereocenters. The monoisotopic (exact) mass is 682 g/mol. The van der Waals surface area contributed by atoms with Gasteiger partial charge >= 0.3 is 12.1 Å². The second-order valence-electron chi connectivity index (χ2n) is 13.3. The molecule has 2 bridgehead atoms. The van der Waals surface area contributed by atoms with Crippen LogP contribution in [0.1, 0.15) is 77.7 Å². The summed E-state index contributed by atoms with van der Waals surface area (Å²) in [6.45, 7) is 4.26.